The molecule has 6 nitrogen and oxygen atoms in total. The summed E-state index contributed by atoms with van der Waals surface area (Å²) in [6.45, 7) is 0. The summed E-state index contributed by atoms with van der Waals surface area (Å²) in [6.07, 6.45) is -0.777. The molecule has 3 rings (SSSR count). The molecule has 0 fully saturated rings. The fourth-order valence-electron chi connectivity index (χ4n) is 1.95. The van der Waals surface area contributed by atoms with Crippen LogP contribution in [-0.2, 0) is 4.79 Å². The second-order valence-electron chi connectivity index (χ2n) is 4.36. The van der Waals surface area contributed by atoms with Crippen molar-refractivity contribution in [3.63, 3.8) is 0 Å². The highest BCUT2D eigenvalue weighted by Crippen LogP contribution is 2.21. The largest absolute Gasteiger partial charge is 0.475 e. The molecule has 0 saturated carbocycles. The van der Waals surface area contributed by atoms with E-state index in [2.05, 4.69) is 10.4 Å². The SMILES string of the molecule is O=C(O)C1=NC(Oc2ccccc2)N(c2ccccc2)N1. The molecule has 6 heteroatoms. The van der Waals surface area contributed by atoms with Gasteiger partial charge in [-0.25, -0.2) is 9.80 Å². The molecule has 1 aliphatic rings. The summed E-state index contributed by atoms with van der Waals surface area (Å²) in [6, 6.07) is 18.4. The Balaban J connectivity index is 1.87. The molecule has 0 aliphatic carbocycles. The molecule has 0 bridgehead atoms. The van der Waals surface area contributed by atoms with Crippen LogP contribution in [0.25, 0.3) is 0 Å². The van der Waals surface area contributed by atoms with Crippen molar-refractivity contribution in [1.82, 2.24) is 5.43 Å². The Kier molecular flexibility index (Phi) is 3.42. The fraction of sp³-hybridized carbons (Fsp3) is 0.0667. The number of aliphatic imine (C=N–C) groups is 1. The van der Waals surface area contributed by atoms with Gasteiger partial charge in [0, 0.05) is 0 Å². The second-order valence-corrected chi connectivity index (χ2v) is 4.36. The van der Waals surface area contributed by atoms with E-state index in [0.717, 1.165) is 5.69 Å². The van der Waals surface area contributed by atoms with Crippen LogP contribution in [0.4, 0.5) is 5.69 Å². The molecule has 1 atom stereocenters. The Hall–Kier alpha value is -3.02. The van der Waals surface area contributed by atoms with Crippen molar-refractivity contribution >= 4 is 17.5 Å². The first-order valence-electron chi connectivity index (χ1n) is 6.38. The molecule has 1 heterocycles. The minimum atomic E-state index is -1.13. The third kappa shape index (κ3) is 2.79. The van der Waals surface area contributed by atoms with Gasteiger partial charge < -0.3 is 9.84 Å². The van der Waals surface area contributed by atoms with E-state index < -0.39 is 12.3 Å². The normalized spacial score (nSPS) is 17.0. The van der Waals surface area contributed by atoms with Crippen molar-refractivity contribution in [3.05, 3.63) is 60.7 Å². The number of carboxylic acid groups (broad SMARTS) is 1. The first-order valence-corrected chi connectivity index (χ1v) is 6.38. The Morgan fingerprint density at radius 3 is 2.33 bits per heavy atom. The summed E-state index contributed by atoms with van der Waals surface area (Å²) in [4.78, 5) is 15.2. The topological polar surface area (TPSA) is 74.2 Å². The van der Waals surface area contributed by atoms with Crippen molar-refractivity contribution < 1.29 is 14.6 Å². The van der Waals surface area contributed by atoms with E-state index in [1.54, 1.807) is 17.1 Å². The number of carboxylic acids is 1. The number of hydrazine groups is 1. The van der Waals surface area contributed by atoms with Crippen LogP contribution in [0.2, 0.25) is 0 Å². The molecule has 0 amide bonds. The van der Waals surface area contributed by atoms with Gasteiger partial charge in [-0.2, -0.15) is 4.99 Å². The van der Waals surface area contributed by atoms with Crippen LogP contribution in [0.15, 0.2) is 65.7 Å². The predicted octanol–water partition coefficient (Wildman–Crippen LogP) is 1.86. The van der Waals surface area contributed by atoms with Gasteiger partial charge in [0.25, 0.3) is 6.35 Å². The Bertz CT molecular complexity index is 658. The Labute approximate surface area is 121 Å². The predicted molar refractivity (Wildman–Crippen MR) is 78.0 cm³/mol. The van der Waals surface area contributed by atoms with Gasteiger partial charge in [-0.15, -0.1) is 0 Å². The van der Waals surface area contributed by atoms with Crippen LogP contribution >= 0.6 is 0 Å². The average Bonchev–Trinajstić information content (AvgIpc) is 2.93. The van der Waals surface area contributed by atoms with Gasteiger partial charge in [0.2, 0.25) is 5.84 Å². The number of benzene rings is 2. The van der Waals surface area contributed by atoms with Gasteiger partial charge in [0.1, 0.15) is 5.75 Å². The zero-order chi connectivity index (χ0) is 14.7. The number of para-hydroxylation sites is 2. The number of nitrogens with one attached hydrogen (secondary N) is 1. The molecule has 106 valence electrons. The van der Waals surface area contributed by atoms with Gasteiger partial charge in [0.05, 0.1) is 5.69 Å². The van der Waals surface area contributed by atoms with Gasteiger partial charge in [-0.05, 0) is 24.3 Å². The van der Waals surface area contributed by atoms with Gasteiger partial charge in [0.15, 0.2) is 0 Å². The first-order chi connectivity index (χ1) is 10.2. The van der Waals surface area contributed by atoms with Crippen LogP contribution in [0, 0.1) is 0 Å². The number of hydrogen-bond acceptors (Lipinski definition) is 5. The smallest absolute Gasteiger partial charge is 0.373 e. The van der Waals surface area contributed by atoms with Crippen molar-refractivity contribution in [2.24, 2.45) is 4.99 Å². The highest BCUT2D eigenvalue weighted by atomic mass is 16.5. The summed E-state index contributed by atoms with van der Waals surface area (Å²) in [5.41, 5.74) is 3.50. The number of nitrogens with zero attached hydrogens (tertiary/aromatic N) is 2. The highest BCUT2D eigenvalue weighted by Gasteiger charge is 2.31. The molecular formula is C15H13N3O3. The molecule has 2 aromatic rings. The standard InChI is InChI=1S/C15H13N3O3/c19-14(20)13-16-15(21-12-9-5-2-6-10-12)18(17-13)11-7-3-1-4-8-11/h1-10,15H,(H,16,17)(H,19,20). The van der Waals surface area contributed by atoms with Crippen molar-refractivity contribution in [1.29, 1.82) is 0 Å². The van der Waals surface area contributed by atoms with Crippen LogP contribution in [0.3, 0.4) is 0 Å². The third-order valence-electron chi connectivity index (χ3n) is 2.91. The molecule has 1 unspecified atom stereocenters. The summed E-state index contributed by atoms with van der Waals surface area (Å²) >= 11 is 0. The molecule has 2 aromatic carbocycles. The lowest BCUT2D eigenvalue weighted by Gasteiger charge is -2.25. The molecule has 0 aromatic heterocycles. The maximum absolute atomic E-state index is 11.1. The zero-order valence-corrected chi connectivity index (χ0v) is 11.0. The van der Waals surface area contributed by atoms with Crippen molar-refractivity contribution in [2.75, 3.05) is 5.01 Å². The molecular weight excluding hydrogens is 270 g/mol. The van der Waals surface area contributed by atoms with Crippen LogP contribution in [0.5, 0.6) is 5.75 Å². The molecule has 21 heavy (non-hydrogen) atoms. The molecule has 1 aliphatic heterocycles. The minimum absolute atomic E-state index is 0.153. The number of anilines is 1. The number of hydrogen-bond donors (Lipinski definition) is 2. The average molecular weight is 283 g/mol. The van der Waals surface area contributed by atoms with Gasteiger partial charge in [-0.1, -0.05) is 36.4 Å². The Morgan fingerprint density at radius 2 is 1.71 bits per heavy atom. The first kappa shape index (κ1) is 13.0. The van der Waals surface area contributed by atoms with E-state index in [4.69, 9.17) is 9.84 Å². The van der Waals surface area contributed by atoms with E-state index in [1.165, 1.54) is 0 Å². The molecule has 0 radical (unpaired) electrons. The van der Waals surface area contributed by atoms with E-state index >= 15 is 0 Å². The second kappa shape index (κ2) is 5.54. The van der Waals surface area contributed by atoms with Crippen molar-refractivity contribution in [2.45, 2.75) is 6.35 Å². The summed E-state index contributed by atoms with van der Waals surface area (Å²) < 4.78 is 5.74. The third-order valence-corrected chi connectivity index (χ3v) is 2.91. The minimum Gasteiger partial charge on any atom is -0.475 e. The number of amidine groups is 1. The maximum Gasteiger partial charge on any atom is 0.373 e. The lowest BCUT2D eigenvalue weighted by atomic mass is 10.3. The summed E-state index contributed by atoms with van der Waals surface area (Å²) in [5, 5.41) is 10.7. The van der Waals surface area contributed by atoms with Gasteiger partial charge in [-0.3, -0.25) is 5.43 Å². The number of rotatable bonds is 4. The van der Waals surface area contributed by atoms with E-state index in [-0.39, 0.29) is 5.84 Å². The monoisotopic (exact) mass is 283 g/mol. The van der Waals surface area contributed by atoms with Gasteiger partial charge >= 0.3 is 5.97 Å². The summed E-state index contributed by atoms with van der Waals surface area (Å²) in [7, 11) is 0. The van der Waals surface area contributed by atoms with Crippen molar-refractivity contribution in [3.8, 4) is 5.75 Å². The molecule has 0 saturated heterocycles. The highest BCUT2D eigenvalue weighted by molar-refractivity contribution is 6.35. The van der Waals surface area contributed by atoms with Crippen LogP contribution < -0.4 is 15.2 Å². The number of carbonyl (C=O) groups is 1. The maximum atomic E-state index is 11.1. The fourth-order valence-corrected chi connectivity index (χ4v) is 1.95. The quantitative estimate of drug-likeness (QED) is 0.896. The number of ether oxygens (including phenoxy) is 1. The van der Waals surface area contributed by atoms with Crippen LogP contribution in [0.1, 0.15) is 0 Å². The lowest BCUT2D eigenvalue weighted by molar-refractivity contribution is -0.129. The zero-order valence-electron chi connectivity index (χ0n) is 11.0. The van der Waals surface area contributed by atoms with E-state index in [0.29, 0.717) is 5.75 Å². The van der Waals surface area contributed by atoms with Crippen LogP contribution in [-0.4, -0.2) is 23.3 Å². The molecule has 0 spiro atoms. The Morgan fingerprint density at radius 1 is 1.10 bits per heavy atom. The molecule has 2 N–H and O–H groups in total. The van der Waals surface area contributed by atoms with E-state index in [9.17, 15) is 4.79 Å². The number of aliphatic carboxylic acids is 1. The summed E-state index contributed by atoms with van der Waals surface area (Å²) in [5.74, 6) is -0.671. The van der Waals surface area contributed by atoms with E-state index in [1.807, 2.05) is 48.5 Å². The lowest BCUT2D eigenvalue weighted by Crippen LogP contribution is -2.45.